The highest BCUT2D eigenvalue weighted by molar-refractivity contribution is 9.10. The van der Waals surface area contributed by atoms with Gasteiger partial charge in [0, 0.05) is 10.2 Å². The first-order valence-corrected chi connectivity index (χ1v) is 7.65. The molecule has 0 saturated carbocycles. The lowest BCUT2D eigenvalue weighted by atomic mass is 10.2. The van der Waals surface area contributed by atoms with Crippen LogP contribution in [0, 0.1) is 6.92 Å². The van der Waals surface area contributed by atoms with Crippen molar-refractivity contribution in [1.82, 2.24) is 0 Å². The minimum absolute atomic E-state index is 0.225. The van der Waals surface area contributed by atoms with Gasteiger partial charge in [-0.15, -0.1) is 0 Å². The zero-order chi connectivity index (χ0) is 16.8. The molecule has 0 heterocycles. The molecule has 0 aromatic heterocycles. The molecule has 0 radical (unpaired) electrons. The molecule has 5 nitrogen and oxygen atoms in total. The van der Waals surface area contributed by atoms with Crippen molar-refractivity contribution in [3.8, 4) is 11.5 Å². The summed E-state index contributed by atoms with van der Waals surface area (Å²) in [6.07, 6.45) is 0.661. The van der Waals surface area contributed by atoms with Crippen molar-refractivity contribution in [1.29, 1.82) is 0 Å². The second-order valence-corrected chi connectivity index (χ2v) is 5.71. The van der Waals surface area contributed by atoms with Gasteiger partial charge in [0.2, 0.25) is 0 Å². The van der Waals surface area contributed by atoms with Crippen LogP contribution in [0.2, 0.25) is 0 Å². The van der Waals surface area contributed by atoms with Crippen LogP contribution < -0.4 is 14.8 Å². The summed E-state index contributed by atoms with van der Waals surface area (Å²) >= 11 is 3.37. The SMILES string of the molecule is COc1cccc(C=O)c1OCC(=O)Nc1ccc(Br)cc1C. The van der Waals surface area contributed by atoms with E-state index >= 15 is 0 Å². The Morgan fingerprint density at radius 3 is 2.74 bits per heavy atom. The molecular formula is C17H16BrNO4. The van der Waals surface area contributed by atoms with Gasteiger partial charge in [-0.3, -0.25) is 9.59 Å². The highest BCUT2D eigenvalue weighted by Crippen LogP contribution is 2.30. The summed E-state index contributed by atoms with van der Waals surface area (Å²) in [7, 11) is 1.47. The molecule has 0 unspecified atom stereocenters. The molecule has 0 aliphatic heterocycles. The number of amides is 1. The Kier molecular flexibility index (Phi) is 5.76. The lowest BCUT2D eigenvalue weighted by molar-refractivity contribution is -0.118. The van der Waals surface area contributed by atoms with Crippen molar-refractivity contribution in [3.05, 3.63) is 52.0 Å². The second-order valence-electron chi connectivity index (χ2n) is 4.79. The highest BCUT2D eigenvalue weighted by Gasteiger charge is 2.12. The number of hydrogen-bond donors (Lipinski definition) is 1. The number of aldehydes is 1. The molecule has 1 N–H and O–H groups in total. The van der Waals surface area contributed by atoms with E-state index in [0.717, 1.165) is 10.0 Å². The van der Waals surface area contributed by atoms with Crippen LogP contribution >= 0.6 is 15.9 Å². The molecule has 1 amide bonds. The Balaban J connectivity index is 2.06. The van der Waals surface area contributed by atoms with Crippen LogP contribution in [0.3, 0.4) is 0 Å². The molecule has 0 aliphatic carbocycles. The number of carbonyl (C=O) groups is 2. The molecule has 2 aromatic carbocycles. The Morgan fingerprint density at radius 2 is 2.09 bits per heavy atom. The molecule has 2 rings (SSSR count). The van der Waals surface area contributed by atoms with Crippen molar-refractivity contribution < 1.29 is 19.1 Å². The lowest BCUT2D eigenvalue weighted by Crippen LogP contribution is -2.21. The smallest absolute Gasteiger partial charge is 0.262 e. The molecule has 23 heavy (non-hydrogen) atoms. The maximum Gasteiger partial charge on any atom is 0.262 e. The first-order chi connectivity index (χ1) is 11.0. The first-order valence-electron chi connectivity index (χ1n) is 6.86. The van der Waals surface area contributed by atoms with Crippen molar-refractivity contribution >= 4 is 33.8 Å². The monoisotopic (exact) mass is 377 g/mol. The van der Waals surface area contributed by atoms with Crippen LogP contribution in [0.4, 0.5) is 5.69 Å². The average molecular weight is 378 g/mol. The molecule has 120 valence electrons. The number of halogens is 1. The van der Waals surface area contributed by atoms with Crippen LogP contribution in [0.5, 0.6) is 11.5 Å². The summed E-state index contributed by atoms with van der Waals surface area (Å²) < 4.78 is 11.6. The molecule has 0 aliphatic rings. The molecule has 0 fully saturated rings. The topological polar surface area (TPSA) is 64.6 Å². The van der Waals surface area contributed by atoms with Crippen LogP contribution in [0.1, 0.15) is 15.9 Å². The zero-order valence-corrected chi connectivity index (χ0v) is 14.3. The summed E-state index contributed by atoms with van der Waals surface area (Å²) in [6.45, 7) is 1.67. The van der Waals surface area contributed by atoms with Crippen LogP contribution in [-0.4, -0.2) is 25.9 Å². The average Bonchev–Trinajstić information content (AvgIpc) is 2.55. The van der Waals surface area contributed by atoms with E-state index in [9.17, 15) is 9.59 Å². The van der Waals surface area contributed by atoms with Crippen molar-refractivity contribution in [3.63, 3.8) is 0 Å². The Bertz CT molecular complexity index is 731. The van der Waals surface area contributed by atoms with Gasteiger partial charge in [0.1, 0.15) is 0 Å². The van der Waals surface area contributed by atoms with Gasteiger partial charge in [-0.05, 0) is 42.8 Å². The maximum atomic E-state index is 12.0. The van der Waals surface area contributed by atoms with E-state index in [1.807, 2.05) is 19.1 Å². The van der Waals surface area contributed by atoms with E-state index in [4.69, 9.17) is 9.47 Å². The number of benzene rings is 2. The Labute approximate surface area is 142 Å². The highest BCUT2D eigenvalue weighted by atomic mass is 79.9. The van der Waals surface area contributed by atoms with Gasteiger partial charge in [0.25, 0.3) is 5.91 Å². The Morgan fingerprint density at radius 1 is 1.30 bits per heavy atom. The van der Waals surface area contributed by atoms with Gasteiger partial charge in [-0.1, -0.05) is 22.0 Å². The number of ether oxygens (including phenoxy) is 2. The van der Waals surface area contributed by atoms with Crippen LogP contribution in [-0.2, 0) is 4.79 Å². The molecule has 0 atom stereocenters. The van der Waals surface area contributed by atoms with Crippen LogP contribution in [0.25, 0.3) is 0 Å². The molecule has 6 heteroatoms. The molecular weight excluding hydrogens is 362 g/mol. The number of methoxy groups -OCH3 is 1. The number of hydrogen-bond acceptors (Lipinski definition) is 4. The molecule has 0 spiro atoms. The summed E-state index contributed by atoms with van der Waals surface area (Å²) in [5, 5.41) is 2.77. The van der Waals surface area contributed by atoms with Gasteiger partial charge in [0.05, 0.1) is 12.7 Å². The number of carbonyl (C=O) groups excluding carboxylic acids is 2. The molecule has 0 saturated heterocycles. The fourth-order valence-corrected chi connectivity index (χ4v) is 2.51. The summed E-state index contributed by atoms with van der Waals surface area (Å²) in [5.74, 6) is 0.341. The third-order valence-corrected chi connectivity index (χ3v) is 3.66. The third kappa shape index (κ3) is 4.32. The van der Waals surface area contributed by atoms with Gasteiger partial charge >= 0.3 is 0 Å². The summed E-state index contributed by atoms with van der Waals surface area (Å²) in [6, 6.07) is 10.5. The normalized spacial score (nSPS) is 10.0. The van der Waals surface area contributed by atoms with Crippen molar-refractivity contribution in [2.45, 2.75) is 6.92 Å². The third-order valence-electron chi connectivity index (χ3n) is 3.17. The number of anilines is 1. The number of nitrogens with one attached hydrogen (secondary N) is 1. The largest absolute Gasteiger partial charge is 0.493 e. The maximum absolute atomic E-state index is 12.0. The van der Waals surface area contributed by atoms with Crippen molar-refractivity contribution in [2.24, 2.45) is 0 Å². The Hall–Kier alpha value is -2.34. The minimum atomic E-state index is -0.321. The van der Waals surface area contributed by atoms with Crippen molar-refractivity contribution in [2.75, 3.05) is 19.0 Å². The number of para-hydroxylation sites is 1. The number of aryl methyl sites for hydroxylation is 1. The van der Waals surface area contributed by atoms with Gasteiger partial charge < -0.3 is 14.8 Å². The van der Waals surface area contributed by atoms with Gasteiger partial charge in [-0.2, -0.15) is 0 Å². The zero-order valence-electron chi connectivity index (χ0n) is 12.8. The van der Waals surface area contributed by atoms with E-state index in [0.29, 0.717) is 23.3 Å². The predicted octanol–water partition coefficient (Wildman–Crippen LogP) is 3.60. The van der Waals surface area contributed by atoms with E-state index in [1.165, 1.54) is 7.11 Å². The quantitative estimate of drug-likeness (QED) is 0.781. The summed E-state index contributed by atoms with van der Waals surface area (Å²) in [5.41, 5.74) is 1.97. The standard InChI is InChI=1S/C17H16BrNO4/c1-11-8-13(18)6-7-14(11)19-16(21)10-23-17-12(9-20)4-3-5-15(17)22-2/h3-9H,10H2,1-2H3,(H,19,21). The van der Waals surface area contributed by atoms with Crippen LogP contribution in [0.15, 0.2) is 40.9 Å². The molecule has 0 bridgehead atoms. The first kappa shape index (κ1) is 17.0. The second kappa shape index (κ2) is 7.78. The van der Waals surface area contributed by atoms with Gasteiger partial charge in [0.15, 0.2) is 24.4 Å². The minimum Gasteiger partial charge on any atom is -0.493 e. The fourth-order valence-electron chi connectivity index (χ4n) is 2.03. The lowest BCUT2D eigenvalue weighted by Gasteiger charge is -2.13. The van der Waals surface area contributed by atoms with E-state index in [-0.39, 0.29) is 18.3 Å². The van der Waals surface area contributed by atoms with E-state index < -0.39 is 0 Å². The van der Waals surface area contributed by atoms with E-state index in [1.54, 1.807) is 24.3 Å². The fraction of sp³-hybridized carbons (Fsp3) is 0.176. The number of rotatable bonds is 6. The predicted molar refractivity (Wildman–Crippen MR) is 91.4 cm³/mol. The molecule has 2 aromatic rings. The summed E-state index contributed by atoms with van der Waals surface area (Å²) in [4.78, 5) is 23.1. The van der Waals surface area contributed by atoms with E-state index in [2.05, 4.69) is 21.2 Å². The van der Waals surface area contributed by atoms with Gasteiger partial charge in [-0.25, -0.2) is 0 Å².